The molecule has 1 aromatic carbocycles. The molecule has 0 unspecified atom stereocenters. The number of benzene rings is 1. The third kappa shape index (κ3) is 5.82. The maximum absolute atomic E-state index is 12.3. The number of ether oxygens (including phenoxy) is 1. The van der Waals surface area contributed by atoms with Crippen molar-refractivity contribution in [2.24, 2.45) is 0 Å². The Kier molecular flexibility index (Phi) is 7.62. The summed E-state index contributed by atoms with van der Waals surface area (Å²) < 4.78 is 31.3. The Morgan fingerprint density at radius 3 is 2.58 bits per heavy atom. The van der Waals surface area contributed by atoms with Gasteiger partial charge in [-0.1, -0.05) is 18.2 Å². The summed E-state index contributed by atoms with van der Waals surface area (Å²) >= 11 is 1.19. The lowest BCUT2D eigenvalue weighted by Gasteiger charge is -2.15. The zero-order valence-corrected chi connectivity index (χ0v) is 16.6. The highest BCUT2D eigenvalue weighted by atomic mass is 32.2. The number of methoxy groups -OCH3 is 1. The molecule has 1 amide bonds. The second kappa shape index (κ2) is 9.70. The van der Waals surface area contributed by atoms with Crippen LogP contribution < -0.4 is 10.1 Å². The van der Waals surface area contributed by atoms with E-state index in [0.29, 0.717) is 30.1 Å². The molecule has 0 fully saturated rings. The molecule has 26 heavy (non-hydrogen) atoms. The van der Waals surface area contributed by atoms with E-state index in [9.17, 15) is 13.2 Å². The van der Waals surface area contributed by atoms with Crippen LogP contribution in [-0.4, -0.2) is 45.9 Å². The molecule has 0 bridgehead atoms. The zero-order chi connectivity index (χ0) is 19.0. The topological polar surface area (TPSA) is 75.7 Å². The van der Waals surface area contributed by atoms with Crippen LogP contribution in [0.3, 0.4) is 0 Å². The average molecular weight is 397 g/mol. The molecule has 0 aliphatic rings. The van der Waals surface area contributed by atoms with Crippen molar-refractivity contribution in [3.8, 4) is 5.75 Å². The summed E-state index contributed by atoms with van der Waals surface area (Å²) in [7, 11) is -0.281. The molecule has 1 aromatic heterocycles. The summed E-state index contributed by atoms with van der Waals surface area (Å²) in [4.78, 5) is 11.9. The van der Waals surface area contributed by atoms with Gasteiger partial charge in [-0.2, -0.15) is 0 Å². The minimum atomic E-state index is -3.44. The summed E-state index contributed by atoms with van der Waals surface area (Å²) in [5, 5.41) is 4.60. The minimum Gasteiger partial charge on any atom is -0.497 e. The monoisotopic (exact) mass is 396 g/mol. The third-order valence-corrected chi connectivity index (χ3v) is 7.16. The first-order valence-corrected chi connectivity index (χ1v) is 10.6. The predicted molar refractivity (Wildman–Crippen MR) is 103 cm³/mol. The summed E-state index contributed by atoms with van der Waals surface area (Å²) in [5.41, 5.74) is 1.12. The van der Waals surface area contributed by atoms with Gasteiger partial charge in [-0.15, -0.1) is 11.3 Å². The van der Waals surface area contributed by atoms with Gasteiger partial charge in [0.2, 0.25) is 5.91 Å². The van der Waals surface area contributed by atoms with E-state index in [4.69, 9.17) is 4.74 Å². The van der Waals surface area contributed by atoms with Gasteiger partial charge >= 0.3 is 0 Å². The van der Waals surface area contributed by atoms with Crippen LogP contribution in [-0.2, 0) is 21.2 Å². The molecule has 2 rings (SSSR count). The number of hydrogen-bond donors (Lipinski definition) is 1. The van der Waals surface area contributed by atoms with E-state index < -0.39 is 10.0 Å². The van der Waals surface area contributed by atoms with Crippen molar-refractivity contribution in [1.82, 2.24) is 9.62 Å². The molecule has 0 radical (unpaired) electrons. The van der Waals surface area contributed by atoms with Crippen molar-refractivity contribution in [1.29, 1.82) is 0 Å². The molecular formula is C18H24N2O4S2. The number of nitrogens with zero attached hydrogens (tertiary/aromatic N) is 1. The minimum absolute atomic E-state index is 0.0690. The van der Waals surface area contributed by atoms with E-state index >= 15 is 0 Å². The van der Waals surface area contributed by atoms with Crippen molar-refractivity contribution < 1.29 is 17.9 Å². The highest BCUT2D eigenvalue weighted by molar-refractivity contribution is 7.91. The maximum atomic E-state index is 12.3. The molecule has 2 aromatic rings. The number of amides is 1. The fourth-order valence-electron chi connectivity index (χ4n) is 2.37. The van der Waals surface area contributed by atoms with Gasteiger partial charge in [0.15, 0.2) is 0 Å². The predicted octanol–water partition coefficient (Wildman–Crippen LogP) is 2.52. The van der Waals surface area contributed by atoms with Crippen molar-refractivity contribution in [2.75, 3.05) is 27.2 Å². The Hall–Kier alpha value is -1.90. The lowest BCUT2D eigenvalue weighted by atomic mass is 10.1. The first-order valence-electron chi connectivity index (χ1n) is 8.33. The number of nitrogens with one attached hydrogen (secondary N) is 1. The highest BCUT2D eigenvalue weighted by Crippen LogP contribution is 2.20. The molecule has 0 atom stereocenters. The van der Waals surface area contributed by atoms with Crippen LogP contribution in [0.2, 0.25) is 0 Å². The molecule has 0 aliphatic carbocycles. The largest absolute Gasteiger partial charge is 0.497 e. The lowest BCUT2D eigenvalue weighted by Crippen LogP contribution is -2.30. The number of carbonyl (C=O) groups excluding carboxylic acids is 1. The van der Waals surface area contributed by atoms with Gasteiger partial charge in [0.05, 0.1) is 7.11 Å². The van der Waals surface area contributed by atoms with Gasteiger partial charge < -0.3 is 10.1 Å². The van der Waals surface area contributed by atoms with Crippen LogP contribution in [0.4, 0.5) is 0 Å². The lowest BCUT2D eigenvalue weighted by molar-refractivity contribution is -0.121. The highest BCUT2D eigenvalue weighted by Gasteiger charge is 2.21. The SMILES string of the molecule is COc1ccc(CCNC(=O)CCCN(C)S(=O)(=O)c2cccs2)cc1. The average Bonchev–Trinajstić information content (AvgIpc) is 3.17. The number of sulfonamides is 1. The summed E-state index contributed by atoms with van der Waals surface area (Å²) in [5.74, 6) is 0.736. The van der Waals surface area contributed by atoms with Gasteiger partial charge in [0.1, 0.15) is 9.96 Å². The van der Waals surface area contributed by atoms with E-state index in [-0.39, 0.29) is 5.91 Å². The van der Waals surface area contributed by atoms with Gasteiger partial charge in [-0.3, -0.25) is 4.79 Å². The van der Waals surface area contributed by atoms with Crippen LogP contribution in [0.25, 0.3) is 0 Å². The Labute approximate surface area is 158 Å². The van der Waals surface area contributed by atoms with Crippen molar-refractivity contribution >= 4 is 27.3 Å². The van der Waals surface area contributed by atoms with E-state index in [1.54, 1.807) is 24.6 Å². The fourth-order valence-corrected chi connectivity index (χ4v) is 4.78. The first kappa shape index (κ1) is 20.4. The molecule has 0 saturated carbocycles. The molecule has 142 valence electrons. The molecule has 6 nitrogen and oxygen atoms in total. The Morgan fingerprint density at radius 1 is 1.23 bits per heavy atom. The van der Waals surface area contributed by atoms with E-state index in [0.717, 1.165) is 17.7 Å². The van der Waals surface area contributed by atoms with Crippen molar-refractivity contribution in [3.05, 3.63) is 47.3 Å². The molecule has 1 heterocycles. The third-order valence-electron chi connectivity index (χ3n) is 3.93. The first-order chi connectivity index (χ1) is 12.4. The van der Waals surface area contributed by atoms with Crippen molar-refractivity contribution in [3.63, 3.8) is 0 Å². The van der Waals surface area contributed by atoms with Crippen LogP contribution in [0.1, 0.15) is 18.4 Å². The second-order valence-corrected chi connectivity index (χ2v) is 9.03. The van der Waals surface area contributed by atoms with Gasteiger partial charge in [-0.05, 0) is 42.0 Å². The second-order valence-electron chi connectivity index (χ2n) is 5.81. The van der Waals surface area contributed by atoms with Crippen LogP contribution in [0, 0.1) is 0 Å². The normalized spacial score (nSPS) is 11.5. The molecule has 0 saturated heterocycles. The maximum Gasteiger partial charge on any atom is 0.252 e. The summed E-state index contributed by atoms with van der Waals surface area (Å²) in [6.07, 6.45) is 1.52. The van der Waals surface area contributed by atoms with Crippen LogP contribution in [0.15, 0.2) is 46.0 Å². The molecule has 0 spiro atoms. The number of carbonyl (C=O) groups is 1. The Balaban J connectivity index is 1.67. The quantitative estimate of drug-likeness (QED) is 0.670. The summed E-state index contributed by atoms with van der Waals surface area (Å²) in [6, 6.07) is 11.0. The van der Waals surface area contributed by atoms with Crippen LogP contribution in [0.5, 0.6) is 5.75 Å². The number of rotatable bonds is 10. The van der Waals surface area contributed by atoms with Gasteiger partial charge in [0.25, 0.3) is 10.0 Å². The summed E-state index contributed by atoms with van der Waals surface area (Å²) in [6.45, 7) is 0.862. The smallest absolute Gasteiger partial charge is 0.252 e. The zero-order valence-electron chi connectivity index (χ0n) is 15.0. The molecular weight excluding hydrogens is 372 g/mol. The van der Waals surface area contributed by atoms with Gasteiger partial charge in [-0.25, -0.2) is 12.7 Å². The van der Waals surface area contributed by atoms with E-state index in [1.807, 2.05) is 24.3 Å². The number of hydrogen-bond acceptors (Lipinski definition) is 5. The Morgan fingerprint density at radius 2 is 1.96 bits per heavy atom. The fraction of sp³-hybridized carbons (Fsp3) is 0.389. The standard InChI is InChI=1S/C18H24N2O4S2/c1-20(26(22,23)18-6-4-14-25-18)13-3-5-17(21)19-12-11-15-7-9-16(24-2)10-8-15/h4,6-10,14H,3,5,11-13H2,1-2H3,(H,19,21). The number of thiophene rings is 1. The Bertz CT molecular complexity index is 787. The van der Waals surface area contributed by atoms with Crippen molar-refractivity contribution in [2.45, 2.75) is 23.5 Å². The van der Waals surface area contributed by atoms with Gasteiger partial charge in [0, 0.05) is 26.6 Å². The molecule has 1 N–H and O–H groups in total. The van der Waals surface area contributed by atoms with E-state index in [2.05, 4.69) is 5.32 Å². The molecule has 8 heteroatoms. The molecule has 0 aliphatic heterocycles. The van der Waals surface area contributed by atoms with Crippen LogP contribution >= 0.6 is 11.3 Å². The van der Waals surface area contributed by atoms with E-state index in [1.165, 1.54) is 22.7 Å².